The smallest absolute Gasteiger partial charge is 0.226 e. The molecule has 1 aliphatic heterocycles. The molecule has 1 aliphatic carbocycles. The van der Waals surface area contributed by atoms with Crippen molar-refractivity contribution in [1.29, 1.82) is 0 Å². The summed E-state index contributed by atoms with van der Waals surface area (Å²) >= 11 is 0. The Morgan fingerprint density at radius 1 is 1.04 bits per heavy atom. The van der Waals surface area contributed by atoms with Crippen molar-refractivity contribution in [3.05, 3.63) is 59.7 Å². The van der Waals surface area contributed by atoms with Crippen molar-refractivity contribution in [3.8, 4) is 0 Å². The van der Waals surface area contributed by atoms with Gasteiger partial charge in [-0.1, -0.05) is 78.0 Å². The molecule has 0 unspecified atom stereocenters. The first-order chi connectivity index (χ1) is 11.5. The zero-order chi connectivity index (χ0) is 18.5. The van der Waals surface area contributed by atoms with E-state index in [1.807, 2.05) is 48.6 Å². The van der Waals surface area contributed by atoms with E-state index in [2.05, 4.69) is 41.5 Å². The summed E-state index contributed by atoms with van der Waals surface area (Å²) in [6.45, 7) is 13.3. The van der Waals surface area contributed by atoms with Gasteiger partial charge in [0, 0.05) is 0 Å². The van der Waals surface area contributed by atoms with Crippen molar-refractivity contribution in [2.24, 2.45) is 10.8 Å². The number of rotatable bonds is 1. The van der Waals surface area contributed by atoms with Crippen molar-refractivity contribution in [2.75, 3.05) is 6.61 Å². The predicted octanol–water partition coefficient (Wildman–Crippen LogP) is 4.57. The maximum atomic E-state index is 11.7. The molecule has 1 saturated heterocycles. The molecule has 0 bridgehead atoms. The summed E-state index contributed by atoms with van der Waals surface area (Å²) in [6, 6.07) is 9.62. The van der Waals surface area contributed by atoms with Crippen LogP contribution in [0.25, 0.3) is 0 Å². The Bertz CT molecular complexity index is 690. The number of benzene rings is 1. The second kappa shape index (κ2) is 5.80. The number of ether oxygens (including phenoxy) is 2. The van der Waals surface area contributed by atoms with Gasteiger partial charge in [0.25, 0.3) is 0 Å². The number of hydrogen-bond acceptors (Lipinski definition) is 3. The topological polar surface area (TPSA) is 38.7 Å². The molecule has 0 amide bonds. The average molecular weight is 342 g/mol. The Labute approximate surface area is 151 Å². The van der Waals surface area contributed by atoms with Gasteiger partial charge in [-0.2, -0.15) is 0 Å². The molecule has 1 heterocycles. The molecule has 1 aromatic carbocycles. The molecule has 3 atom stereocenters. The highest BCUT2D eigenvalue weighted by Gasteiger charge is 2.59. The number of aliphatic hydroxyl groups is 1. The Morgan fingerprint density at radius 2 is 1.68 bits per heavy atom. The summed E-state index contributed by atoms with van der Waals surface area (Å²) in [5.74, 6) is -1.20. The van der Waals surface area contributed by atoms with E-state index in [1.54, 1.807) is 0 Å². The standard InChI is InChI=1S/C22H30O3/c1-19(2,3)17-12-13-21(23,16-10-8-7-9-11-16)22(14-17)24-15-18(25-22)20(4,5)6/h7-14,18,23H,15H2,1-6H3/t18-,21+,22+/m0/s1. The maximum absolute atomic E-state index is 11.7. The molecule has 3 heteroatoms. The summed E-state index contributed by atoms with van der Waals surface area (Å²) < 4.78 is 12.7. The van der Waals surface area contributed by atoms with Gasteiger partial charge in [-0.3, -0.25) is 0 Å². The molecule has 1 spiro atoms. The molecule has 2 aliphatic rings. The van der Waals surface area contributed by atoms with E-state index < -0.39 is 11.4 Å². The van der Waals surface area contributed by atoms with Crippen LogP contribution in [0.15, 0.2) is 54.1 Å². The molecule has 0 saturated carbocycles. The molecule has 1 fully saturated rings. The highest BCUT2D eigenvalue weighted by molar-refractivity contribution is 5.43. The third-order valence-electron chi connectivity index (χ3n) is 5.19. The first-order valence-corrected chi connectivity index (χ1v) is 9.00. The van der Waals surface area contributed by atoms with Crippen LogP contribution in [-0.4, -0.2) is 23.6 Å². The summed E-state index contributed by atoms with van der Waals surface area (Å²) in [5, 5.41) is 11.7. The zero-order valence-electron chi connectivity index (χ0n) is 16.2. The van der Waals surface area contributed by atoms with E-state index in [-0.39, 0.29) is 16.9 Å². The quantitative estimate of drug-likeness (QED) is 0.812. The van der Waals surface area contributed by atoms with E-state index >= 15 is 0 Å². The van der Waals surface area contributed by atoms with Crippen LogP contribution < -0.4 is 0 Å². The minimum Gasteiger partial charge on any atom is -0.375 e. The van der Waals surface area contributed by atoms with Crippen LogP contribution in [0, 0.1) is 10.8 Å². The summed E-state index contributed by atoms with van der Waals surface area (Å²) in [7, 11) is 0. The highest BCUT2D eigenvalue weighted by atomic mass is 16.8. The van der Waals surface area contributed by atoms with Crippen molar-refractivity contribution in [3.63, 3.8) is 0 Å². The van der Waals surface area contributed by atoms with Crippen LogP contribution in [0.3, 0.4) is 0 Å². The van der Waals surface area contributed by atoms with Gasteiger partial charge in [0.15, 0.2) is 5.60 Å². The van der Waals surface area contributed by atoms with Crippen LogP contribution in [0.4, 0.5) is 0 Å². The molecule has 0 radical (unpaired) electrons. The largest absolute Gasteiger partial charge is 0.375 e. The lowest BCUT2D eigenvalue weighted by Gasteiger charge is -2.44. The first kappa shape index (κ1) is 18.4. The Morgan fingerprint density at radius 3 is 2.20 bits per heavy atom. The van der Waals surface area contributed by atoms with Gasteiger partial charge in [0.05, 0.1) is 12.7 Å². The first-order valence-electron chi connectivity index (χ1n) is 9.00. The van der Waals surface area contributed by atoms with E-state index in [4.69, 9.17) is 9.47 Å². The van der Waals surface area contributed by atoms with Crippen molar-refractivity contribution in [2.45, 2.75) is 59.0 Å². The fourth-order valence-corrected chi connectivity index (χ4v) is 3.33. The van der Waals surface area contributed by atoms with E-state index in [0.717, 1.165) is 11.1 Å². The van der Waals surface area contributed by atoms with Crippen molar-refractivity contribution < 1.29 is 14.6 Å². The van der Waals surface area contributed by atoms with Gasteiger partial charge in [-0.05, 0) is 34.1 Å². The minimum absolute atomic E-state index is 0.0615. The van der Waals surface area contributed by atoms with Gasteiger partial charge in [-0.15, -0.1) is 0 Å². The molecule has 1 N–H and O–H groups in total. The normalized spacial score (nSPS) is 32.9. The maximum Gasteiger partial charge on any atom is 0.226 e. The molecule has 1 aromatic rings. The average Bonchev–Trinajstić information content (AvgIpc) is 2.96. The van der Waals surface area contributed by atoms with Crippen LogP contribution in [0.1, 0.15) is 47.1 Å². The fraction of sp³-hybridized carbons (Fsp3) is 0.545. The summed E-state index contributed by atoms with van der Waals surface area (Å²) in [5.41, 5.74) is 0.377. The third kappa shape index (κ3) is 3.10. The second-order valence-electron chi connectivity index (χ2n) is 9.27. The Hall–Kier alpha value is -1.42. The van der Waals surface area contributed by atoms with E-state index in [0.29, 0.717) is 6.61 Å². The molecule has 0 aromatic heterocycles. The van der Waals surface area contributed by atoms with Crippen LogP contribution >= 0.6 is 0 Å². The predicted molar refractivity (Wildman–Crippen MR) is 100 cm³/mol. The van der Waals surface area contributed by atoms with Crippen LogP contribution in [-0.2, 0) is 15.1 Å². The van der Waals surface area contributed by atoms with E-state index in [1.165, 1.54) is 0 Å². The van der Waals surface area contributed by atoms with Gasteiger partial charge in [0.1, 0.15) is 0 Å². The van der Waals surface area contributed by atoms with Crippen LogP contribution in [0.5, 0.6) is 0 Å². The van der Waals surface area contributed by atoms with Crippen molar-refractivity contribution in [1.82, 2.24) is 0 Å². The molecular weight excluding hydrogens is 312 g/mol. The van der Waals surface area contributed by atoms with Crippen molar-refractivity contribution >= 4 is 0 Å². The minimum atomic E-state index is -1.36. The zero-order valence-corrected chi connectivity index (χ0v) is 16.2. The number of hydrogen-bond donors (Lipinski definition) is 1. The molecule has 136 valence electrons. The molecule has 3 rings (SSSR count). The monoisotopic (exact) mass is 342 g/mol. The highest BCUT2D eigenvalue weighted by Crippen LogP contribution is 2.50. The molecule has 3 nitrogen and oxygen atoms in total. The molecular formula is C22H30O3. The van der Waals surface area contributed by atoms with E-state index in [9.17, 15) is 5.11 Å². The lowest BCUT2D eigenvalue weighted by Crippen LogP contribution is -2.53. The van der Waals surface area contributed by atoms with Gasteiger partial charge >= 0.3 is 0 Å². The lowest BCUT2D eigenvalue weighted by molar-refractivity contribution is -0.239. The Kier molecular flexibility index (Phi) is 4.26. The SMILES string of the molecule is CC(C)(C)C1=C[C@]2(OC[C@@H](C(C)(C)C)O2)[C@](O)(c2ccccc2)C=C1. The third-order valence-corrected chi connectivity index (χ3v) is 5.19. The summed E-state index contributed by atoms with van der Waals surface area (Å²) in [6.07, 6.45) is 5.71. The number of allylic oxidation sites excluding steroid dienone is 2. The van der Waals surface area contributed by atoms with Gasteiger partial charge in [0.2, 0.25) is 5.79 Å². The molecule has 25 heavy (non-hydrogen) atoms. The van der Waals surface area contributed by atoms with Gasteiger partial charge in [-0.25, -0.2) is 0 Å². The fourth-order valence-electron chi connectivity index (χ4n) is 3.33. The lowest BCUT2D eigenvalue weighted by atomic mass is 9.74. The summed E-state index contributed by atoms with van der Waals surface area (Å²) in [4.78, 5) is 0. The second-order valence-corrected chi connectivity index (χ2v) is 9.27. The Balaban J connectivity index is 2.11. The van der Waals surface area contributed by atoms with Gasteiger partial charge < -0.3 is 14.6 Å². The van der Waals surface area contributed by atoms with Crippen LogP contribution in [0.2, 0.25) is 0 Å².